The first-order valence-corrected chi connectivity index (χ1v) is 6.23. The lowest BCUT2D eigenvalue weighted by Gasteiger charge is -2.35. The molecule has 1 aliphatic rings. The summed E-state index contributed by atoms with van der Waals surface area (Å²) < 4.78 is 5.77. The largest absolute Gasteiger partial charge is 0.480 e. The van der Waals surface area contributed by atoms with E-state index in [1.807, 2.05) is 17.0 Å². The minimum Gasteiger partial charge on any atom is -0.480 e. The number of aryl methyl sites for hydroxylation is 1. The summed E-state index contributed by atoms with van der Waals surface area (Å²) in [4.78, 5) is 13.0. The summed E-state index contributed by atoms with van der Waals surface area (Å²) in [6.07, 6.45) is -0.0262. The van der Waals surface area contributed by atoms with Crippen LogP contribution in [0.1, 0.15) is 24.2 Å². The standard InChI is InChI=1S/C14H19NO3/c1-10-5-3-4-6-12(10)13-9-15(7-8-18-13)11(2)14(16)17/h3-6,11,13H,7-9H2,1-2H3,(H,16,17)/t11-,13+/m1/s1. The van der Waals surface area contributed by atoms with Crippen LogP contribution in [-0.4, -0.2) is 41.7 Å². The van der Waals surface area contributed by atoms with Gasteiger partial charge in [0.2, 0.25) is 0 Å². The van der Waals surface area contributed by atoms with Crippen LogP contribution in [0.2, 0.25) is 0 Å². The van der Waals surface area contributed by atoms with Crippen molar-refractivity contribution >= 4 is 5.97 Å². The molecule has 4 heteroatoms. The molecule has 1 N–H and O–H groups in total. The van der Waals surface area contributed by atoms with Gasteiger partial charge in [0.25, 0.3) is 0 Å². The predicted octanol–water partition coefficient (Wildman–Crippen LogP) is 1.84. The number of aliphatic carboxylic acids is 1. The first-order chi connectivity index (χ1) is 8.59. The van der Waals surface area contributed by atoms with Crippen LogP contribution in [0.25, 0.3) is 0 Å². The summed E-state index contributed by atoms with van der Waals surface area (Å²) in [7, 11) is 0. The van der Waals surface area contributed by atoms with E-state index in [4.69, 9.17) is 9.84 Å². The molecule has 1 aromatic carbocycles. The summed E-state index contributed by atoms with van der Waals surface area (Å²) in [5.41, 5.74) is 2.34. The molecule has 0 aliphatic carbocycles. The van der Waals surface area contributed by atoms with Crippen molar-refractivity contribution in [3.8, 4) is 0 Å². The maximum absolute atomic E-state index is 11.0. The highest BCUT2D eigenvalue weighted by atomic mass is 16.5. The molecule has 98 valence electrons. The van der Waals surface area contributed by atoms with Crippen LogP contribution in [0.15, 0.2) is 24.3 Å². The van der Waals surface area contributed by atoms with E-state index in [1.54, 1.807) is 6.92 Å². The van der Waals surface area contributed by atoms with Gasteiger partial charge in [0.15, 0.2) is 0 Å². The molecular weight excluding hydrogens is 230 g/mol. The van der Waals surface area contributed by atoms with Gasteiger partial charge in [-0.25, -0.2) is 0 Å². The lowest BCUT2D eigenvalue weighted by Crippen LogP contribution is -2.46. The van der Waals surface area contributed by atoms with Crippen LogP contribution in [0.4, 0.5) is 0 Å². The number of nitrogens with zero attached hydrogens (tertiary/aromatic N) is 1. The number of carbonyl (C=O) groups is 1. The van der Waals surface area contributed by atoms with Crippen molar-refractivity contribution in [2.45, 2.75) is 26.0 Å². The molecule has 0 saturated carbocycles. The van der Waals surface area contributed by atoms with Crippen molar-refractivity contribution in [1.29, 1.82) is 0 Å². The second kappa shape index (κ2) is 5.50. The lowest BCUT2D eigenvalue weighted by molar-refractivity contribution is -0.145. The zero-order valence-electron chi connectivity index (χ0n) is 10.8. The third-order valence-corrected chi connectivity index (χ3v) is 3.54. The molecule has 1 aromatic rings. The monoisotopic (exact) mass is 249 g/mol. The summed E-state index contributed by atoms with van der Waals surface area (Å²) in [5.74, 6) is -0.777. The fourth-order valence-corrected chi connectivity index (χ4v) is 2.31. The Bertz CT molecular complexity index is 433. The van der Waals surface area contributed by atoms with E-state index >= 15 is 0 Å². The van der Waals surface area contributed by atoms with Crippen LogP contribution in [-0.2, 0) is 9.53 Å². The van der Waals surface area contributed by atoms with E-state index in [0.717, 1.165) is 5.56 Å². The Labute approximate surface area is 107 Å². The number of carboxylic acids is 1. The van der Waals surface area contributed by atoms with Gasteiger partial charge in [-0.3, -0.25) is 9.69 Å². The fraction of sp³-hybridized carbons (Fsp3) is 0.500. The van der Waals surface area contributed by atoms with Gasteiger partial charge in [0.05, 0.1) is 12.7 Å². The zero-order valence-corrected chi connectivity index (χ0v) is 10.8. The third-order valence-electron chi connectivity index (χ3n) is 3.54. The number of ether oxygens (including phenoxy) is 1. The lowest BCUT2D eigenvalue weighted by atomic mass is 10.0. The Hall–Kier alpha value is -1.39. The molecule has 1 heterocycles. The van der Waals surface area contributed by atoms with Gasteiger partial charge in [0, 0.05) is 13.1 Å². The average Bonchev–Trinajstić information content (AvgIpc) is 2.38. The molecule has 0 unspecified atom stereocenters. The van der Waals surface area contributed by atoms with Crippen molar-refractivity contribution in [3.63, 3.8) is 0 Å². The van der Waals surface area contributed by atoms with Gasteiger partial charge >= 0.3 is 5.97 Å². The minimum absolute atomic E-state index is 0.0262. The van der Waals surface area contributed by atoms with E-state index in [-0.39, 0.29) is 6.10 Å². The molecule has 0 bridgehead atoms. The highest BCUT2D eigenvalue weighted by Crippen LogP contribution is 2.25. The molecule has 0 spiro atoms. The maximum atomic E-state index is 11.0. The van der Waals surface area contributed by atoms with Crippen molar-refractivity contribution < 1.29 is 14.6 Å². The molecule has 4 nitrogen and oxygen atoms in total. The predicted molar refractivity (Wildman–Crippen MR) is 68.5 cm³/mol. The normalized spacial score (nSPS) is 22.7. The summed E-state index contributed by atoms with van der Waals surface area (Å²) in [6.45, 7) is 5.67. The van der Waals surface area contributed by atoms with Crippen molar-refractivity contribution in [3.05, 3.63) is 35.4 Å². The fourth-order valence-electron chi connectivity index (χ4n) is 2.31. The van der Waals surface area contributed by atoms with E-state index in [0.29, 0.717) is 19.7 Å². The van der Waals surface area contributed by atoms with Crippen molar-refractivity contribution in [1.82, 2.24) is 4.90 Å². The Balaban J connectivity index is 2.12. The Morgan fingerprint density at radius 3 is 2.89 bits per heavy atom. The van der Waals surface area contributed by atoms with Gasteiger partial charge in [-0.15, -0.1) is 0 Å². The number of rotatable bonds is 3. The van der Waals surface area contributed by atoms with Crippen LogP contribution in [0, 0.1) is 6.92 Å². The molecule has 2 rings (SSSR count). The summed E-state index contributed by atoms with van der Waals surface area (Å²) >= 11 is 0. The van der Waals surface area contributed by atoms with Crippen LogP contribution in [0.3, 0.4) is 0 Å². The number of carboxylic acid groups (broad SMARTS) is 1. The molecule has 1 fully saturated rings. The molecule has 0 amide bonds. The third kappa shape index (κ3) is 2.71. The molecular formula is C14H19NO3. The van der Waals surface area contributed by atoms with E-state index in [1.165, 1.54) is 5.56 Å². The minimum atomic E-state index is -0.777. The molecule has 18 heavy (non-hydrogen) atoms. The maximum Gasteiger partial charge on any atom is 0.320 e. The molecule has 1 saturated heterocycles. The van der Waals surface area contributed by atoms with Gasteiger partial charge in [-0.1, -0.05) is 24.3 Å². The topological polar surface area (TPSA) is 49.8 Å². The second-order valence-corrected chi connectivity index (χ2v) is 4.73. The molecule has 0 radical (unpaired) electrons. The van der Waals surface area contributed by atoms with Gasteiger partial charge in [0.1, 0.15) is 6.04 Å². The van der Waals surface area contributed by atoms with E-state index in [2.05, 4.69) is 19.1 Å². The first-order valence-electron chi connectivity index (χ1n) is 6.23. The van der Waals surface area contributed by atoms with Gasteiger partial charge in [-0.05, 0) is 25.0 Å². The molecule has 0 aromatic heterocycles. The Morgan fingerprint density at radius 2 is 2.22 bits per heavy atom. The highest BCUT2D eigenvalue weighted by Gasteiger charge is 2.28. The van der Waals surface area contributed by atoms with Crippen molar-refractivity contribution in [2.24, 2.45) is 0 Å². The first kappa shape index (κ1) is 13.1. The van der Waals surface area contributed by atoms with E-state index in [9.17, 15) is 4.79 Å². The van der Waals surface area contributed by atoms with Gasteiger partial charge in [-0.2, -0.15) is 0 Å². The Kier molecular flexibility index (Phi) is 3.99. The number of benzene rings is 1. The van der Waals surface area contributed by atoms with Crippen LogP contribution >= 0.6 is 0 Å². The molecule has 1 aliphatic heterocycles. The van der Waals surface area contributed by atoms with Crippen molar-refractivity contribution in [2.75, 3.05) is 19.7 Å². The highest BCUT2D eigenvalue weighted by molar-refractivity contribution is 5.72. The van der Waals surface area contributed by atoms with Gasteiger partial charge < -0.3 is 9.84 Å². The quantitative estimate of drug-likeness (QED) is 0.888. The van der Waals surface area contributed by atoms with Crippen LogP contribution < -0.4 is 0 Å². The molecule has 2 atom stereocenters. The average molecular weight is 249 g/mol. The Morgan fingerprint density at radius 1 is 1.50 bits per heavy atom. The summed E-state index contributed by atoms with van der Waals surface area (Å²) in [5, 5.41) is 9.06. The SMILES string of the molecule is Cc1ccccc1[C@@H]1CN([C@H](C)C(=O)O)CCO1. The number of morpholine rings is 1. The number of hydrogen-bond donors (Lipinski definition) is 1. The van der Waals surface area contributed by atoms with Crippen LogP contribution in [0.5, 0.6) is 0 Å². The smallest absolute Gasteiger partial charge is 0.320 e. The second-order valence-electron chi connectivity index (χ2n) is 4.73. The summed E-state index contributed by atoms with van der Waals surface area (Å²) in [6, 6.07) is 7.64. The van der Waals surface area contributed by atoms with E-state index < -0.39 is 12.0 Å². The number of hydrogen-bond acceptors (Lipinski definition) is 3. The zero-order chi connectivity index (χ0) is 13.1.